The highest BCUT2D eigenvalue weighted by Gasteiger charge is 2.34. The van der Waals surface area contributed by atoms with Crippen molar-refractivity contribution in [1.29, 1.82) is 0 Å². The molecule has 0 aromatic heterocycles. The maximum atomic E-state index is 14.3. The summed E-state index contributed by atoms with van der Waals surface area (Å²) in [5.74, 6) is -0.540. The summed E-state index contributed by atoms with van der Waals surface area (Å²) in [6.45, 7) is -0.530. The number of halogens is 2. The highest BCUT2D eigenvalue weighted by atomic mass is 35.5. The third kappa shape index (κ3) is 8.87. The molecule has 0 bridgehead atoms. The fourth-order valence-electron chi connectivity index (χ4n) is 5.36. The molecule has 4 rings (SSSR count). The van der Waals surface area contributed by atoms with Crippen molar-refractivity contribution in [3.05, 3.63) is 94.0 Å². The summed E-state index contributed by atoms with van der Waals surface area (Å²) in [5.41, 5.74) is 1.74. The number of para-hydroxylation sites is 2. The number of amides is 2. The van der Waals surface area contributed by atoms with Crippen molar-refractivity contribution in [3.63, 3.8) is 0 Å². The number of carbonyl (C=O) groups is 2. The van der Waals surface area contributed by atoms with Gasteiger partial charge < -0.3 is 15.0 Å². The Hall–Kier alpha value is -3.27. The first kappa shape index (κ1) is 32.6. The van der Waals surface area contributed by atoms with Crippen LogP contribution in [0.5, 0.6) is 5.75 Å². The monoisotopic (exact) mass is 645 g/mol. The van der Waals surface area contributed by atoms with Crippen molar-refractivity contribution < 1.29 is 22.7 Å². The van der Waals surface area contributed by atoms with Gasteiger partial charge in [-0.15, -0.1) is 0 Å². The summed E-state index contributed by atoms with van der Waals surface area (Å²) in [5, 5.41) is 3.85. The Balaban J connectivity index is 1.75. The molecule has 1 N–H and O–H groups in total. The van der Waals surface area contributed by atoms with E-state index in [0.29, 0.717) is 21.4 Å². The number of hydrogen-bond donors (Lipinski definition) is 1. The number of benzene rings is 3. The largest absolute Gasteiger partial charge is 0.495 e. The first-order chi connectivity index (χ1) is 20.6. The van der Waals surface area contributed by atoms with Crippen LogP contribution >= 0.6 is 23.2 Å². The summed E-state index contributed by atoms with van der Waals surface area (Å²) in [6.07, 6.45) is 6.21. The summed E-state index contributed by atoms with van der Waals surface area (Å²) in [7, 11) is -2.49. The zero-order chi connectivity index (χ0) is 31.0. The van der Waals surface area contributed by atoms with Crippen LogP contribution in [0.3, 0.4) is 0 Å². The molecule has 2 amide bonds. The Morgan fingerprint density at radius 2 is 1.60 bits per heavy atom. The molecule has 0 spiro atoms. The molecule has 11 heteroatoms. The van der Waals surface area contributed by atoms with E-state index in [1.807, 2.05) is 30.3 Å². The van der Waals surface area contributed by atoms with Crippen molar-refractivity contribution in [3.8, 4) is 5.75 Å². The van der Waals surface area contributed by atoms with E-state index in [0.717, 1.165) is 48.2 Å². The van der Waals surface area contributed by atoms with Crippen LogP contribution in [-0.4, -0.2) is 57.1 Å². The van der Waals surface area contributed by atoms with E-state index >= 15 is 0 Å². The molecular formula is C32H37Cl2N3O5S. The van der Waals surface area contributed by atoms with Crippen LogP contribution in [-0.2, 0) is 32.6 Å². The molecule has 1 fully saturated rings. The Kier molecular flexibility index (Phi) is 11.3. The summed E-state index contributed by atoms with van der Waals surface area (Å²) < 4.78 is 32.5. The van der Waals surface area contributed by atoms with Crippen LogP contribution < -0.4 is 14.4 Å². The van der Waals surface area contributed by atoms with E-state index in [1.54, 1.807) is 42.5 Å². The summed E-state index contributed by atoms with van der Waals surface area (Å²) in [6, 6.07) is 20.1. The molecule has 3 aromatic carbocycles. The first-order valence-electron chi connectivity index (χ1n) is 14.2. The van der Waals surface area contributed by atoms with Gasteiger partial charge in [-0.05, 0) is 48.2 Å². The van der Waals surface area contributed by atoms with Gasteiger partial charge in [0.1, 0.15) is 18.3 Å². The minimum Gasteiger partial charge on any atom is -0.495 e. The number of carbonyl (C=O) groups excluding carboxylic acids is 2. The van der Waals surface area contributed by atoms with E-state index in [1.165, 1.54) is 12.0 Å². The second-order valence-electron chi connectivity index (χ2n) is 10.8. The van der Waals surface area contributed by atoms with Gasteiger partial charge in [0.2, 0.25) is 21.8 Å². The van der Waals surface area contributed by atoms with E-state index in [-0.39, 0.29) is 30.6 Å². The van der Waals surface area contributed by atoms with Crippen LogP contribution in [0.4, 0.5) is 5.69 Å². The number of sulfonamides is 1. The van der Waals surface area contributed by atoms with Gasteiger partial charge in [0, 0.05) is 19.0 Å². The lowest BCUT2D eigenvalue weighted by Gasteiger charge is -2.35. The molecule has 1 aliphatic rings. The normalized spacial score (nSPS) is 14.5. The van der Waals surface area contributed by atoms with Crippen LogP contribution in [0.1, 0.15) is 43.2 Å². The fourth-order valence-corrected chi connectivity index (χ4v) is 6.54. The van der Waals surface area contributed by atoms with Crippen molar-refractivity contribution in [2.75, 3.05) is 24.2 Å². The lowest BCUT2D eigenvalue weighted by Crippen LogP contribution is -2.55. The zero-order valence-corrected chi connectivity index (χ0v) is 26.7. The first-order valence-corrected chi connectivity index (χ1v) is 16.9. The topological polar surface area (TPSA) is 96.0 Å². The average Bonchev–Trinajstić information content (AvgIpc) is 2.99. The zero-order valence-electron chi connectivity index (χ0n) is 24.3. The van der Waals surface area contributed by atoms with Gasteiger partial charge >= 0.3 is 0 Å². The maximum absolute atomic E-state index is 14.3. The van der Waals surface area contributed by atoms with Gasteiger partial charge in [0.05, 0.1) is 29.1 Å². The molecule has 8 nitrogen and oxygen atoms in total. The molecule has 0 aliphatic heterocycles. The molecule has 43 heavy (non-hydrogen) atoms. The van der Waals surface area contributed by atoms with Gasteiger partial charge in [-0.2, -0.15) is 0 Å². The van der Waals surface area contributed by atoms with E-state index in [4.69, 9.17) is 27.9 Å². The third-order valence-corrected chi connectivity index (χ3v) is 9.46. The fraction of sp³-hybridized carbons (Fsp3) is 0.375. The van der Waals surface area contributed by atoms with Gasteiger partial charge in [-0.1, -0.05) is 91.0 Å². The molecule has 1 atom stereocenters. The second-order valence-corrected chi connectivity index (χ2v) is 13.5. The third-order valence-electron chi connectivity index (χ3n) is 7.59. The number of rotatable bonds is 12. The molecule has 0 radical (unpaired) electrons. The number of nitrogens with zero attached hydrogens (tertiary/aromatic N) is 2. The Bertz CT molecular complexity index is 1510. The van der Waals surface area contributed by atoms with Crippen LogP contribution in [0.15, 0.2) is 72.8 Å². The average molecular weight is 647 g/mol. The van der Waals surface area contributed by atoms with Crippen molar-refractivity contribution in [1.82, 2.24) is 10.2 Å². The predicted octanol–water partition coefficient (Wildman–Crippen LogP) is 5.86. The summed E-state index contributed by atoms with van der Waals surface area (Å²) >= 11 is 12.5. The van der Waals surface area contributed by atoms with Crippen LogP contribution in [0, 0.1) is 0 Å². The van der Waals surface area contributed by atoms with Crippen molar-refractivity contribution in [2.24, 2.45) is 0 Å². The van der Waals surface area contributed by atoms with Crippen LogP contribution in [0.25, 0.3) is 0 Å². The van der Waals surface area contributed by atoms with Crippen molar-refractivity contribution >= 4 is 50.7 Å². The Labute approximate surface area is 264 Å². The number of ether oxygens (including phenoxy) is 1. The smallest absolute Gasteiger partial charge is 0.244 e. The van der Waals surface area contributed by atoms with E-state index < -0.39 is 28.5 Å². The Morgan fingerprint density at radius 1 is 0.930 bits per heavy atom. The molecule has 230 valence electrons. The van der Waals surface area contributed by atoms with E-state index in [9.17, 15) is 18.0 Å². The quantitative estimate of drug-likeness (QED) is 0.266. The lowest BCUT2D eigenvalue weighted by molar-refractivity contribution is -0.140. The molecule has 0 heterocycles. The predicted molar refractivity (Wildman–Crippen MR) is 171 cm³/mol. The molecule has 0 unspecified atom stereocenters. The molecule has 0 saturated heterocycles. The minimum absolute atomic E-state index is 0.00877. The van der Waals surface area contributed by atoms with Gasteiger partial charge in [-0.25, -0.2) is 8.42 Å². The van der Waals surface area contributed by atoms with Gasteiger partial charge in [0.25, 0.3) is 0 Å². The molecule has 3 aromatic rings. The SMILES string of the molecule is COc1ccccc1N(CC(=O)N(Cc1ccc(Cl)c(Cl)c1)[C@@H](Cc1ccccc1)C(=O)NC1CCCCC1)S(C)(=O)=O. The molecular weight excluding hydrogens is 609 g/mol. The number of anilines is 1. The Morgan fingerprint density at radius 3 is 2.26 bits per heavy atom. The standard InChI is InChI=1S/C32H37Cl2N3O5S/c1-42-30-16-10-9-15-28(30)37(43(2,40)41)22-31(38)36(21-24-17-18-26(33)27(34)19-24)29(20-23-11-5-3-6-12-23)32(39)35-25-13-7-4-8-14-25/h3,5-6,9-12,15-19,25,29H,4,7-8,13-14,20-22H2,1-2H3,(H,35,39)/t29-/m0/s1. The van der Waals surface area contributed by atoms with E-state index in [2.05, 4.69) is 5.32 Å². The number of nitrogens with one attached hydrogen (secondary N) is 1. The van der Waals surface area contributed by atoms with Gasteiger partial charge in [-0.3, -0.25) is 13.9 Å². The summed E-state index contributed by atoms with van der Waals surface area (Å²) in [4.78, 5) is 29.8. The molecule has 1 aliphatic carbocycles. The maximum Gasteiger partial charge on any atom is 0.244 e. The number of hydrogen-bond acceptors (Lipinski definition) is 5. The van der Waals surface area contributed by atoms with Gasteiger partial charge in [0.15, 0.2) is 0 Å². The minimum atomic E-state index is -3.93. The second kappa shape index (κ2) is 14.9. The lowest BCUT2D eigenvalue weighted by atomic mass is 9.94. The van der Waals surface area contributed by atoms with Crippen molar-refractivity contribution in [2.45, 2.75) is 57.2 Å². The highest BCUT2D eigenvalue weighted by Crippen LogP contribution is 2.30. The number of methoxy groups -OCH3 is 1. The molecule has 1 saturated carbocycles. The van der Waals surface area contributed by atoms with Crippen LogP contribution in [0.2, 0.25) is 10.0 Å². The highest BCUT2D eigenvalue weighted by molar-refractivity contribution is 7.92.